The molecule has 5 rings (SSSR count). The molecule has 0 aliphatic rings. The lowest BCUT2D eigenvalue weighted by Crippen LogP contribution is -2.25. The van der Waals surface area contributed by atoms with Crippen molar-refractivity contribution in [2.75, 3.05) is 13.1 Å². The molecule has 2 heterocycles. The fourth-order valence-electron chi connectivity index (χ4n) is 5.77. The number of aromatic amines is 2. The van der Waals surface area contributed by atoms with Crippen LogP contribution in [0.15, 0.2) is 60.8 Å². The first-order valence-electron chi connectivity index (χ1n) is 16.8. The lowest BCUT2D eigenvalue weighted by molar-refractivity contribution is -0.122. The molecular formula is C38H48N6O2. The number of unbranched alkanes of at least 4 members (excludes halogenated alkanes) is 2. The average molecular weight is 621 g/mol. The molecule has 2 aromatic heterocycles. The number of aromatic nitrogens is 4. The molecule has 0 fully saturated rings. The van der Waals surface area contributed by atoms with Crippen molar-refractivity contribution in [2.24, 2.45) is 11.8 Å². The van der Waals surface area contributed by atoms with Gasteiger partial charge in [0.15, 0.2) is 0 Å². The zero-order valence-corrected chi connectivity index (χ0v) is 27.7. The normalized spacial score (nSPS) is 11.6. The summed E-state index contributed by atoms with van der Waals surface area (Å²) in [6.07, 6.45) is 8.62. The van der Waals surface area contributed by atoms with Crippen LogP contribution in [0.3, 0.4) is 0 Å². The van der Waals surface area contributed by atoms with Gasteiger partial charge in [0, 0.05) is 44.3 Å². The van der Waals surface area contributed by atoms with Gasteiger partial charge < -0.3 is 20.6 Å². The lowest BCUT2D eigenvalue weighted by atomic mass is 9.99. The minimum absolute atomic E-state index is 0.135. The number of aryl methyl sites for hydroxylation is 2. The van der Waals surface area contributed by atoms with E-state index in [1.54, 1.807) is 0 Å². The molecule has 0 bridgehead atoms. The minimum atomic E-state index is 0.135. The molecule has 8 heteroatoms. The maximum atomic E-state index is 11.8. The summed E-state index contributed by atoms with van der Waals surface area (Å²) in [7, 11) is 0. The van der Waals surface area contributed by atoms with Crippen molar-refractivity contribution in [2.45, 2.75) is 79.1 Å². The molecule has 8 nitrogen and oxygen atoms in total. The lowest BCUT2D eigenvalue weighted by Gasteiger charge is -2.07. The minimum Gasteiger partial charge on any atom is -0.356 e. The molecule has 0 unspecified atom stereocenters. The van der Waals surface area contributed by atoms with E-state index in [1.807, 2.05) is 6.20 Å². The Labute approximate surface area is 272 Å². The van der Waals surface area contributed by atoms with Crippen LogP contribution in [0.5, 0.6) is 0 Å². The van der Waals surface area contributed by atoms with Gasteiger partial charge in [-0.15, -0.1) is 0 Å². The Balaban J connectivity index is 1.15. The van der Waals surface area contributed by atoms with Crippen LogP contribution in [0.1, 0.15) is 77.9 Å². The SMILES string of the molecule is CC(C)CC(=O)NCCCCc1ncc(-c2ccc3cc(-c4ccc5nc(CCCCNC(=O)CC(C)C)[nH]c5c4)ccc3c2)[nH]1. The van der Waals surface area contributed by atoms with Crippen molar-refractivity contribution in [3.8, 4) is 22.4 Å². The van der Waals surface area contributed by atoms with Gasteiger partial charge in [0.2, 0.25) is 11.8 Å². The van der Waals surface area contributed by atoms with Gasteiger partial charge in [-0.25, -0.2) is 9.97 Å². The quantitative estimate of drug-likeness (QED) is 0.0845. The van der Waals surface area contributed by atoms with Gasteiger partial charge in [0.05, 0.1) is 22.9 Å². The first kappa shape index (κ1) is 32.9. The van der Waals surface area contributed by atoms with Crippen LogP contribution in [-0.2, 0) is 22.4 Å². The van der Waals surface area contributed by atoms with E-state index < -0.39 is 0 Å². The monoisotopic (exact) mass is 620 g/mol. The highest BCUT2D eigenvalue weighted by Crippen LogP contribution is 2.29. The van der Waals surface area contributed by atoms with E-state index in [0.717, 1.165) is 78.0 Å². The first-order chi connectivity index (χ1) is 22.2. The van der Waals surface area contributed by atoms with Gasteiger partial charge in [-0.05, 0) is 83.7 Å². The Morgan fingerprint density at radius 3 is 1.89 bits per heavy atom. The Hall–Kier alpha value is -4.46. The molecule has 0 saturated heterocycles. The van der Waals surface area contributed by atoms with Gasteiger partial charge in [0.25, 0.3) is 0 Å². The molecular weight excluding hydrogens is 572 g/mol. The molecule has 0 aliphatic heterocycles. The number of imidazole rings is 2. The third kappa shape index (κ3) is 9.28. The predicted molar refractivity (Wildman–Crippen MR) is 187 cm³/mol. The summed E-state index contributed by atoms with van der Waals surface area (Å²) in [4.78, 5) is 40.0. The van der Waals surface area contributed by atoms with Gasteiger partial charge in [-0.1, -0.05) is 58.0 Å². The summed E-state index contributed by atoms with van der Waals surface area (Å²) in [6.45, 7) is 9.66. The largest absolute Gasteiger partial charge is 0.356 e. The second-order valence-electron chi connectivity index (χ2n) is 13.2. The van der Waals surface area contributed by atoms with Crippen molar-refractivity contribution < 1.29 is 9.59 Å². The van der Waals surface area contributed by atoms with E-state index in [9.17, 15) is 9.59 Å². The van der Waals surface area contributed by atoms with Crippen LogP contribution in [0.4, 0.5) is 0 Å². The smallest absolute Gasteiger partial charge is 0.220 e. The molecule has 3 aromatic carbocycles. The van der Waals surface area contributed by atoms with Crippen molar-refractivity contribution in [3.05, 3.63) is 72.4 Å². The van der Waals surface area contributed by atoms with E-state index in [0.29, 0.717) is 37.8 Å². The fourth-order valence-corrected chi connectivity index (χ4v) is 5.77. The standard InChI is InChI=1S/C38H48N6O2/c1-25(2)19-37(45)39-17-7-5-9-35-41-24-34(44-35)31-14-13-27-21-28(11-12-29(27)22-31)30-15-16-32-33(23-30)43-36(42-32)10-6-8-18-40-38(46)20-26(3)4/h11-16,21-26H,5-10,17-20H2,1-4H3,(H,39,45)(H,40,46)(H,41,44)(H,42,43). The van der Waals surface area contributed by atoms with Gasteiger partial charge in [-0.3, -0.25) is 9.59 Å². The Morgan fingerprint density at radius 1 is 0.674 bits per heavy atom. The van der Waals surface area contributed by atoms with E-state index >= 15 is 0 Å². The van der Waals surface area contributed by atoms with Crippen LogP contribution in [0, 0.1) is 11.8 Å². The van der Waals surface area contributed by atoms with E-state index in [4.69, 9.17) is 4.98 Å². The third-order valence-corrected chi connectivity index (χ3v) is 8.16. The number of carbonyl (C=O) groups excluding carboxylic acids is 2. The number of fused-ring (bicyclic) bond motifs is 2. The number of hydrogen-bond acceptors (Lipinski definition) is 4. The summed E-state index contributed by atoms with van der Waals surface area (Å²) in [5.41, 5.74) is 6.46. The van der Waals surface area contributed by atoms with E-state index in [-0.39, 0.29) is 11.8 Å². The number of H-pyrrole nitrogens is 2. The van der Waals surface area contributed by atoms with Crippen molar-refractivity contribution in [1.82, 2.24) is 30.6 Å². The van der Waals surface area contributed by atoms with Crippen molar-refractivity contribution in [3.63, 3.8) is 0 Å². The highest BCUT2D eigenvalue weighted by Gasteiger charge is 2.10. The molecule has 0 spiro atoms. The van der Waals surface area contributed by atoms with Crippen LogP contribution < -0.4 is 10.6 Å². The number of carbonyl (C=O) groups is 2. The number of nitrogens with one attached hydrogen (secondary N) is 4. The molecule has 0 saturated carbocycles. The summed E-state index contributed by atoms with van der Waals surface area (Å²) in [6, 6.07) is 19.5. The van der Waals surface area contributed by atoms with E-state index in [2.05, 4.69) is 108 Å². The number of amides is 2. The Morgan fingerprint density at radius 2 is 1.24 bits per heavy atom. The molecule has 0 radical (unpaired) electrons. The van der Waals surface area contributed by atoms with Crippen molar-refractivity contribution >= 4 is 33.6 Å². The van der Waals surface area contributed by atoms with Gasteiger partial charge in [-0.2, -0.15) is 0 Å². The second-order valence-corrected chi connectivity index (χ2v) is 13.2. The first-order valence-corrected chi connectivity index (χ1v) is 16.8. The molecule has 0 atom stereocenters. The zero-order valence-electron chi connectivity index (χ0n) is 27.7. The summed E-state index contributed by atoms with van der Waals surface area (Å²) >= 11 is 0. The molecule has 4 N–H and O–H groups in total. The van der Waals surface area contributed by atoms with Crippen LogP contribution >= 0.6 is 0 Å². The van der Waals surface area contributed by atoms with Crippen LogP contribution in [-0.4, -0.2) is 44.8 Å². The number of nitrogens with zero attached hydrogens (tertiary/aromatic N) is 2. The molecule has 46 heavy (non-hydrogen) atoms. The second kappa shape index (κ2) is 15.7. The third-order valence-electron chi connectivity index (χ3n) is 8.16. The summed E-state index contributed by atoms with van der Waals surface area (Å²) < 4.78 is 0. The maximum Gasteiger partial charge on any atom is 0.220 e. The topological polar surface area (TPSA) is 116 Å². The van der Waals surface area contributed by atoms with Gasteiger partial charge in [0.1, 0.15) is 11.6 Å². The van der Waals surface area contributed by atoms with E-state index in [1.165, 1.54) is 16.3 Å². The number of hydrogen-bond donors (Lipinski definition) is 4. The summed E-state index contributed by atoms with van der Waals surface area (Å²) in [5.74, 6) is 3.00. The summed E-state index contributed by atoms with van der Waals surface area (Å²) in [5, 5.41) is 8.38. The fraction of sp³-hybridized carbons (Fsp3) is 0.421. The maximum absolute atomic E-state index is 11.8. The highest BCUT2D eigenvalue weighted by molar-refractivity contribution is 5.91. The zero-order chi connectivity index (χ0) is 32.5. The Bertz CT molecular complexity index is 1770. The Kier molecular flexibility index (Phi) is 11.2. The number of rotatable bonds is 16. The van der Waals surface area contributed by atoms with Gasteiger partial charge >= 0.3 is 0 Å². The molecule has 242 valence electrons. The molecule has 0 aliphatic carbocycles. The predicted octanol–water partition coefficient (Wildman–Crippen LogP) is 7.74. The average Bonchev–Trinajstić information content (AvgIpc) is 3.66. The van der Waals surface area contributed by atoms with Crippen LogP contribution in [0.2, 0.25) is 0 Å². The van der Waals surface area contributed by atoms with Crippen LogP contribution in [0.25, 0.3) is 44.2 Å². The molecule has 2 amide bonds. The highest BCUT2D eigenvalue weighted by atomic mass is 16.2. The molecule has 5 aromatic rings. The van der Waals surface area contributed by atoms with Crippen molar-refractivity contribution in [1.29, 1.82) is 0 Å². The number of benzene rings is 3.